The van der Waals surface area contributed by atoms with Crippen LogP contribution in [0.25, 0.3) is 0 Å². The fourth-order valence-electron chi connectivity index (χ4n) is 3.65. The lowest BCUT2D eigenvalue weighted by Crippen LogP contribution is -2.42. The Hall–Kier alpha value is -4.15. The van der Waals surface area contributed by atoms with Crippen LogP contribution in [0.1, 0.15) is 62.2 Å². The van der Waals surface area contributed by atoms with Gasteiger partial charge in [0.1, 0.15) is 5.82 Å². The zero-order chi connectivity index (χ0) is 25.7. The maximum Gasteiger partial charge on any atom is 0.271 e. The van der Waals surface area contributed by atoms with Crippen molar-refractivity contribution in [1.82, 2.24) is 15.8 Å². The van der Waals surface area contributed by atoms with Crippen LogP contribution in [-0.2, 0) is 4.79 Å². The first kappa shape index (κ1) is 25.0. The number of carbonyl (C=O) groups is 3. The number of nitrogens with zero attached hydrogens (tertiary/aromatic N) is 1. The molecule has 0 saturated heterocycles. The highest BCUT2D eigenvalue weighted by Gasteiger charge is 2.25. The quantitative estimate of drug-likeness (QED) is 0.361. The molecule has 8 heteroatoms. The molecule has 4 rings (SSSR count). The summed E-state index contributed by atoms with van der Waals surface area (Å²) in [6.07, 6.45) is 4.55. The van der Waals surface area contributed by atoms with E-state index in [2.05, 4.69) is 33.0 Å². The van der Waals surface area contributed by atoms with E-state index in [1.54, 1.807) is 61.7 Å². The van der Waals surface area contributed by atoms with Crippen molar-refractivity contribution in [2.75, 3.05) is 5.32 Å². The first-order chi connectivity index (χ1) is 17.3. The van der Waals surface area contributed by atoms with Gasteiger partial charge in [-0.05, 0) is 68.1 Å². The Morgan fingerprint density at radius 1 is 0.944 bits per heavy atom. The number of carbonyl (C=O) groups excluding carboxylic acids is 3. The van der Waals surface area contributed by atoms with Gasteiger partial charge in [0.15, 0.2) is 0 Å². The lowest BCUT2D eigenvalue weighted by atomic mass is 9.85. The zero-order valence-corrected chi connectivity index (χ0v) is 20.7. The number of amides is 3. The van der Waals surface area contributed by atoms with E-state index in [1.165, 1.54) is 0 Å². The molecule has 182 valence electrons. The van der Waals surface area contributed by atoms with Crippen molar-refractivity contribution < 1.29 is 14.4 Å². The molecule has 1 aromatic heterocycles. The maximum absolute atomic E-state index is 12.6. The van der Waals surface area contributed by atoms with Crippen LogP contribution in [0, 0.1) is 31.6 Å². The number of hydrazine groups is 1. The Balaban J connectivity index is 1.40. The number of hydrogen-bond acceptors (Lipinski definition) is 4. The fourth-order valence-corrected chi connectivity index (χ4v) is 3.95. The summed E-state index contributed by atoms with van der Waals surface area (Å²) in [7, 11) is 0. The van der Waals surface area contributed by atoms with Crippen molar-refractivity contribution in [3.8, 4) is 11.8 Å². The number of hydrogen-bond donors (Lipinski definition) is 3. The normalized spacial score (nSPS) is 12.5. The van der Waals surface area contributed by atoms with Crippen LogP contribution in [-0.4, -0.2) is 22.7 Å². The van der Waals surface area contributed by atoms with E-state index in [1.807, 2.05) is 6.92 Å². The smallest absolute Gasteiger partial charge is 0.271 e. The predicted octanol–water partition coefficient (Wildman–Crippen LogP) is 4.57. The average Bonchev–Trinajstić information content (AvgIpc) is 2.81. The third-order valence-corrected chi connectivity index (χ3v) is 6.39. The topological polar surface area (TPSA) is 100 Å². The molecule has 0 unspecified atom stereocenters. The van der Waals surface area contributed by atoms with Crippen molar-refractivity contribution in [3.05, 3.63) is 93.1 Å². The van der Waals surface area contributed by atoms with E-state index in [4.69, 9.17) is 11.6 Å². The van der Waals surface area contributed by atoms with Gasteiger partial charge < -0.3 is 5.32 Å². The van der Waals surface area contributed by atoms with Gasteiger partial charge in [-0.15, -0.1) is 0 Å². The van der Waals surface area contributed by atoms with E-state index < -0.39 is 11.8 Å². The van der Waals surface area contributed by atoms with Gasteiger partial charge in [0.05, 0.1) is 10.6 Å². The number of aromatic nitrogens is 1. The van der Waals surface area contributed by atoms with Crippen LogP contribution in [0.5, 0.6) is 0 Å². The average molecular weight is 501 g/mol. The second-order valence-corrected chi connectivity index (χ2v) is 9.08. The third-order valence-electron chi connectivity index (χ3n) is 6.07. The molecule has 7 nitrogen and oxygen atoms in total. The van der Waals surface area contributed by atoms with E-state index in [-0.39, 0.29) is 11.8 Å². The number of aryl methyl sites for hydroxylation is 2. The number of benzene rings is 2. The number of anilines is 1. The maximum atomic E-state index is 12.6. The SMILES string of the molecule is Cc1ccc(C(=O)NNC(=O)c2c(C)cccc2Cl)cc1C#Cc1ccc(NC(=O)C2CCC2)nc1. The minimum absolute atomic E-state index is 0.0106. The Morgan fingerprint density at radius 3 is 2.39 bits per heavy atom. The Morgan fingerprint density at radius 2 is 1.72 bits per heavy atom. The molecule has 0 spiro atoms. The number of rotatable bonds is 4. The van der Waals surface area contributed by atoms with Crippen LogP contribution in [0.4, 0.5) is 5.82 Å². The fraction of sp³-hybridized carbons (Fsp3) is 0.214. The van der Waals surface area contributed by atoms with Gasteiger partial charge in [-0.1, -0.05) is 48.1 Å². The highest BCUT2D eigenvalue weighted by molar-refractivity contribution is 6.34. The van der Waals surface area contributed by atoms with Crippen molar-refractivity contribution in [3.63, 3.8) is 0 Å². The highest BCUT2D eigenvalue weighted by atomic mass is 35.5. The van der Waals surface area contributed by atoms with E-state index in [0.717, 1.165) is 24.8 Å². The number of halogens is 1. The summed E-state index contributed by atoms with van der Waals surface area (Å²) in [5, 5.41) is 3.13. The largest absolute Gasteiger partial charge is 0.310 e. The molecule has 36 heavy (non-hydrogen) atoms. The molecular weight excluding hydrogens is 476 g/mol. The van der Waals surface area contributed by atoms with E-state index in [9.17, 15) is 14.4 Å². The molecular formula is C28H25ClN4O3. The van der Waals surface area contributed by atoms with Crippen molar-refractivity contribution in [2.45, 2.75) is 33.1 Å². The predicted molar refractivity (Wildman–Crippen MR) is 138 cm³/mol. The van der Waals surface area contributed by atoms with Gasteiger partial charge in [-0.25, -0.2) is 4.98 Å². The van der Waals surface area contributed by atoms with Crippen molar-refractivity contribution in [1.29, 1.82) is 0 Å². The summed E-state index contributed by atoms with van der Waals surface area (Å²) in [5.41, 5.74) is 8.41. The molecule has 0 bridgehead atoms. The van der Waals surface area contributed by atoms with Crippen LogP contribution >= 0.6 is 11.6 Å². The molecule has 3 amide bonds. The van der Waals surface area contributed by atoms with Crippen LogP contribution < -0.4 is 16.2 Å². The van der Waals surface area contributed by atoms with Gasteiger partial charge in [0, 0.05) is 28.8 Å². The van der Waals surface area contributed by atoms with E-state index in [0.29, 0.717) is 38.7 Å². The first-order valence-electron chi connectivity index (χ1n) is 11.6. The van der Waals surface area contributed by atoms with Gasteiger partial charge in [0.2, 0.25) is 5.91 Å². The Labute approximate surface area is 214 Å². The van der Waals surface area contributed by atoms with Crippen LogP contribution in [0.15, 0.2) is 54.7 Å². The standard InChI is InChI=1S/C28H25ClN4O3/c1-17-9-12-22(27(35)32-33-28(36)25-18(2)5-3-8-23(25)29)15-21(17)13-10-19-11-14-24(30-16-19)31-26(34)20-6-4-7-20/h3,5,8-9,11-12,14-16,20H,4,6-7H2,1-2H3,(H,32,35)(H,33,36)(H,30,31,34). The molecule has 1 heterocycles. The Bertz CT molecular complexity index is 1370. The van der Waals surface area contributed by atoms with Crippen molar-refractivity contribution >= 4 is 35.1 Å². The van der Waals surface area contributed by atoms with Gasteiger partial charge in [0.25, 0.3) is 11.8 Å². The molecule has 1 aliphatic carbocycles. The van der Waals surface area contributed by atoms with Gasteiger partial charge in [-0.3, -0.25) is 25.2 Å². The molecule has 0 aliphatic heterocycles. The Kier molecular flexibility index (Phi) is 7.67. The minimum Gasteiger partial charge on any atom is -0.310 e. The zero-order valence-electron chi connectivity index (χ0n) is 19.9. The molecule has 1 fully saturated rings. The first-order valence-corrected chi connectivity index (χ1v) is 11.9. The molecule has 1 aliphatic rings. The lowest BCUT2D eigenvalue weighted by molar-refractivity contribution is -0.122. The summed E-state index contributed by atoms with van der Waals surface area (Å²) >= 11 is 6.12. The second-order valence-electron chi connectivity index (χ2n) is 8.67. The summed E-state index contributed by atoms with van der Waals surface area (Å²) in [5.74, 6) is 5.72. The number of pyridine rings is 1. The monoisotopic (exact) mass is 500 g/mol. The summed E-state index contributed by atoms with van der Waals surface area (Å²) in [4.78, 5) is 41.4. The molecule has 1 saturated carbocycles. The molecule has 3 N–H and O–H groups in total. The van der Waals surface area contributed by atoms with Crippen LogP contribution in [0.2, 0.25) is 5.02 Å². The second kappa shape index (κ2) is 11.1. The summed E-state index contributed by atoms with van der Waals surface area (Å²) < 4.78 is 0. The van der Waals surface area contributed by atoms with Gasteiger partial charge >= 0.3 is 0 Å². The van der Waals surface area contributed by atoms with Gasteiger partial charge in [-0.2, -0.15) is 0 Å². The molecule has 2 aromatic carbocycles. The lowest BCUT2D eigenvalue weighted by Gasteiger charge is -2.23. The highest BCUT2D eigenvalue weighted by Crippen LogP contribution is 2.27. The minimum atomic E-state index is -0.501. The van der Waals surface area contributed by atoms with E-state index >= 15 is 0 Å². The molecule has 0 atom stereocenters. The third kappa shape index (κ3) is 5.91. The molecule has 3 aromatic rings. The molecule has 0 radical (unpaired) electrons. The van der Waals surface area contributed by atoms with Crippen molar-refractivity contribution in [2.24, 2.45) is 5.92 Å². The summed E-state index contributed by atoms with van der Waals surface area (Å²) in [6.45, 7) is 3.66. The summed E-state index contributed by atoms with van der Waals surface area (Å²) in [6, 6.07) is 13.7. The number of nitrogens with one attached hydrogen (secondary N) is 3. The van der Waals surface area contributed by atoms with Crippen LogP contribution in [0.3, 0.4) is 0 Å².